The average Bonchev–Trinajstić information content (AvgIpc) is 3.35. The first-order valence-electron chi connectivity index (χ1n) is 16.8. The highest BCUT2D eigenvalue weighted by atomic mass is 32.2. The largest absolute Gasteiger partial charge is 0.461 e. The zero-order valence-corrected chi connectivity index (χ0v) is 29.5. The van der Waals surface area contributed by atoms with E-state index in [1.807, 2.05) is 32.9 Å². The Kier molecular flexibility index (Phi) is 11.4. The van der Waals surface area contributed by atoms with E-state index in [9.17, 15) is 24.3 Å². The second kappa shape index (κ2) is 14.4. The summed E-state index contributed by atoms with van der Waals surface area (Å²) in [6, 6.07) is 7.08. The van der Waals surface area contributed by atoms with Gasteiger partial charge in [-0.3, -0.25) is 14.4 Å². The standard InChI is InChI=1S/C36H54N2O7S/c1-23-13-15-36-16-14-27(40)30(36)35(23,7)28(44-29(41)22-46-26-11-9-24(21-39)10-12-26)19-25(31(42)34(36,5)6)20-37-17-8-18-38-32(43)45-33(2,3)4/h9-12,21,23,25,28,30-31,37,42H,8,13-20,22H2,1-7H3,(H,38,43). The number of ketones is 1. The Morgan fingerprint density at radius 1 is 1.11 bits per heavy atom. The van der Waals surface area contributed by atoms with Crippen molar-refractivity contribution < 1.29 is 33.8 Å². The molecule has 3 aliphatic carbocycles. The second-order valence-electron chi connectivity index (χ2n) is 15.5. The van der Waals surface area contributed by atoms with Crippen molar-refractivity contribution >= 4 is 35.9 Å². The van der Waals surface area contributed by atoms with Gasteiger partial charge in [-0.05, 0) is 88.3 Å². The first kappa shape index (κ1) is 36.4. The van der Waals surface area contributed by atoms with Crippen molar-refractivity contribution in [3.8, 4) is 0 Å². The molecule has 1 amide bonds. The Balaban J connectivity index is 1.51. The Labute approximate surface area is 278 Å². The normalized spacial score (nSPS) is 32.1. The Bertz CT molecular complexity index is 1260. The van der Waals surface area contributed by atoms with Gasteiger partial charge in [0.25, 0.3) is 0 Å². The number of carbonyl (C=O) groups is 4. The fraction of sp³-hybridized carbons (Fsp3) is 0.722. The molecule has 1 aromatic rings. The number of rotatable bonds is 11. The number of hydrogen-bond acceptors (Lipinski definition) is 9. The van der Waals surface area contributed by atoms with E-state index in [4.69, 9.17) is 9.47 Å². The van der Waals surface area contributed by atoms with Crippen LogP contribution in [0.25, 0.3) is 0 Å². The number of esters is 1. The number of hydrogen-bond donors (Lipinski definition) is 3. The number of aldehydes is 1. The molecule has 2 bridgehead atoms. The summed E-state index contributed by atoms with van der Waals surface area (Å²) in [6.07, 6.45) is 3.24. The zero-order valence-electron chi connectivity index (χ0n) is 28.6. The van der Waals surface area contributed by atoms with E-state index in [-0.39, 0.29) is 40.7 Å². The summed E-state index contributed by atoms with van der Waals surface area (Å²) < 4.78 is 11.7. The predicted molar refractivity (Wildman–Crippen MR) is 179 cm³/mol. The van der Waals surface area contributed by atoms with E-state index in [0.717, 1.165) is 30.4 Å². The minimum atomic E-state index is -0.710. The lowest BCUT2D eigenvalue weighted by Crippen LogP contribution is -2.65. The number of Topliss-reactive ketones (excluding diaryl/α,β-unsaturated/α-hetero) is 1. The predicted octanol–water partition coefficient (Wildman–Crippen LogP) is 5.82. The number of nitrogens with one attached hydrogen (secondary N) is 2. The van der Waals surface area contributed by atoms with Crippen LogP contribution < -0.4 is 10.6 Å². The third kappa shape index (κ3) is 7.49. The van der Waals surface area contributed by atoms with E-state index >= 15 is 0 Å². The minimum Gasteiger partial charge on any atom is -0.461 e. The summed E-state index contributed by atoms with van der Waals surface area (Å²) in [5, 5.41) is 18.4. The highest BCUT2D eigenvalue weighted by Crippen LogP contribution is 2.70. The molecule has 0 heterocycles. The van der Waals surface area contributed by atoms with Crippen molar-refractivity contribution in [3.63, 3.8) is 0 Å². The van der Waals surface area contributed by atoms with Gasteiger partial charge in [-0.2, -0.15) is 0 Å². The van der Waals surface area contributed by atoms with Crippen molar-refractivity contribution in [2.45, 2.75) is 110 Å². The fourth-order valence-corrected chi connectivity index (χ4v) is 9.32. The fourth-order valence-electron chi connectivity index (χ4n) is 8.64. The number of carbonyl (C=O) groups excluding carboxylic acids is 4. The number of aliphatic hydroxyl groups excluding tert-OH is 1. The number of amides is 1. The lowest BCUT2D eigenvalue weighted by molar-refractivity contribution is -0.219. The molecule has 10 heteroatoms. The SMILES string of the molecule is CC1CCC23CCC(=O)C2C1(C)C(OC(=O)CSc1ccc(C=O)cc1)CC(CNCCCNC(=O)OC(C)(C)C)C(O)C3(C)C. The molecule has 0 radical (unpaired) electrons. The Hall–Kier alpha value is -2.43. The monoisotopic (exact) mass is 658 g/mol. The molecule has 1 aromatic carbocycles. The molecule has 7 atom stereocenters. The van der Waals surface area contributed by atoms with Gasteiger partial charge in [0.2, 0.25) is 0 Å². The van der Waals surface area contributed by atoms with Crippen LogP contribution in [-0.2, 0) is 19.1 Å². The van der Waals surface area contributed by atoms with Gasteiger partial charge in [0.1, 0.15) is 23.8 Å². The van der Waals surface area contributed by atoms with Gasteiger partial charge in [0.15, 0.2) is 0 Å². The molecule has 3 aliphatic rings. The topological polar surface area (TPSA) is 131 Å². The average molecular weight is 659 g/mol. The molecular formula is C36H54N2O7S. The second-order valence-corrected chi connectivity index (χ2v) is 16.5. The summed E-state index contributed by atoms with van der Waals surface area (Å²) in [5.74, 6) is -0.358. The first-order valence-corrected chi connectivity index (χ1v) is 17.8. The van der Waals surface area contributed by atoms with Gasteiger partial charge in [-0.15, -0.1) is 11.8 Å². The van der Waals surface area contributed by atoms with Gasteiger partial charge in [-0.25, -0.2) is 4.79 Å². The number of benzene rings is 1. The molecular weight excluding hydrogens is 604 g/mol. The minimum absolute atomic E-state index is 0.104. The third-order valence-electron chi connectivity index (χ3n) is 11.3. The van der Waals surface area contributed by atoms with Crippen LogP contribution in [0.5, 0.6) is 0 Å². The van der Waals surface area contributed by atoms with E-state index < -0.39 is 34.7 Å². The van der Waals surface area contributed by atoms with E-state index in [1.54, 1.807) is 12.1 Å². The van der Waals surface area contributed by atoms with E-state index in [2.05, 4.69) is 38.3 Å². The van der Waals surface area contributed by atoms with Crippen LogP contribution in [0.3, 0.4) is 0 Å². The van der Waals surface area contributed by atoms with Crippen LogP contribution in [0.1, 0.15) is 97.3 Å². The maximum absolute atomic E-state index is 13.8. The molecule has 256 valence electrons. The molecule has 9 nitrogen and oxygen atoms in total. The lowest BCUT2D eigenvalue weighted by atomic mass is 9.41. The quantitative estimate of drug-likeness (QED) is 0.117. The van der Waals surface area contributed by atoms with E-state index in [1.165, 1.54) is 11.8 Å². The van der Waals surface area contributed by atoms with Gasteiger partial charge in [-0.1, -0.05) is 39.8 Å². The number of thioether (sulfide) groups is 1. The van der Waals surface area contributed by atoms with Crippen molar-refractivity contribution in [1.82, 2.24) is 10.6 Å². The highest BCUT2D eigenvalue weighted by molar-refractivity contribution is 8.00. The molecule has 46 heavy (non-hydrogen) atoms. The Morgan fingerprint density at radius 3 is 2.46 bits per heavy atom. The summed E-state index contributed by atoms with van der Waals surface area (Å²) in [7, 11) is 0. The van der Waals surface area contributed by atoms with E-state index in [0.29, 0.717) is 44.5 Å². The van der Waals surface area contributed by atoms with Gasteiger partial charge in [0.05, 0.1) is 11.9 Å². The third-order valence-corrected chi connectivity index (χ3v) is 12.3. The van der Waals surface area contributed by atoms with Gasteiger partial charge >= 0.3 is 12.1 Å². The van der Waals surface area contributed by atoms with Crippen LogP contribution in [-0.4, -0.2) is 72.4 Å². The van der Waals surface area contributed by atoms with Gasteiger partial charge in [0, 0.05) is 47.2 Å². The maximum Gasteiger partial charge on any atom is 0.407 e. The Morgan fingerprint density at radius 2 is 1.80 bits per heavy atom. The van der Waals surface area contributed by atoms with Crippen molar-refractivity contribution in [1.29, 1.82) is 0 Å². The molecule has 0 saturated heterocycles. The zero-order chi connectivity index (χ0) is 33.9. The lowest BCUT2D eigenvalue weighted by Gasteiger charge is -2.64. The molecule has 0 aliphatic heterocycles. The molecule has 3 saturated carbocycles. The number of aliphatic hydroxyl groups is 1. The molecule has 3 N–H and O–H groups in total. The van der Waals surface area contributed by atoms with Crippen molar-refractivity contribution in [3.05, 3.63) is 29.8 Å². The summed E-state index contributed by atoms with van der Waals surface area (Å²) in [6.45, 7) is 15.7. The van der Waals surface area contributed by atoms with Gasteiger partial charge < -0.3 is 25.2 Å². The smallest absolute Gasteiger partial charge is 0.407 e. The summed E-state index contributed by atoms with van der Waals surface area (Å²) in [4.78, 5) is 51.2. The molecule has 7 unspecified atom stereocenters. The van der Waals surface area contributed by atoms with Crippen LogP contribution in [0, 0.1) is 34.0 Å². The summed E-state index contributed by atoms with van der Waals surface area (Å²) in [5.41, 5.74) is -1.44. The highest BCUT2D eigenvalue weighted by Gasteiger charge is 2.70. The van der Waals surface area contributed by atoms with Crippen molar-refractivity contribution in [2.24, 2.45) is 34.0 Å². The van der Waals surface area contributed by atoms with Crippen LogP contribution in [0.15, 0.2) is 29.2 Å². The first-order chi connectivity index (χ1) is 21.5. The van der Waals surface area contributed by atoms with Crippen LogP contribution in [0.4, 0.5) is 4.79 Å². The molecule has 0 spiro atoms. The maximum atomic E-state index is 13.8. The molecule has 0 aromatic heterocycles. The van der Waals surface area contributed by atoms with Crippen molar-refractivity contribution in [2.75, 3.05) is 25.4 Å². The number of ether oxygens (including phenoxy) is 2. The van der Waals surface area contributed by atoms with Crippen LogP contribution >= 0.6 is 11.8 Å². The van der Waals surface area contributed by atoms with Crippen LogP contribution in [0.2, 0.25) is 0 Å². The molecule has 3 fully saturated rings. The molecule has 4 rings (SSSR count). The summed E-state index contributed by atoms with van der Waals surface area (Å²) >= 11 is 1.36. The number of alkyl carbamates (subject to hydrolysis) is 1.